The maximum atomic E-state index is 9.04. The summed E-state index contributed by atoms with van der Waals surface area (Å²) in [4.78, 5) is 4.13. The summed E-state index contributed by atoms with van der Waals surface area (Å²) in [6, 6.07) is 4.20. The monoisotopic (exact) mass is 202 g/mol. The molecule has 1 aromatic heterocycles. The van der Waals surface area contributed by atoms with E-state index in [2.05, 4.69) is 45.7 Å². The first kappa shape index (κ1) is 11.7. The number of hydrogen-bond acceptors (Lipinski definition) is 2. The molecule has 0 saturated carbocycles. The highest BCUT2D eigenvalue weighted by molar-refractivity contribution is 5.42. The standard InChI is InChI=1S/C13H18N2/c1-9(2)12-10(13(3,4)5)6-7-15-11(12)8-14/h6-7,9H,1-5H3. The maximum Gasteiger partial charge on any atom is 0.144 e. The van der Waals surface area contributed by atoms with Crippen LogP contribution in [0, 0.1) is 11.3 Å². The molecule has 1 rings (SSSR count). The summed E-state index contributed by atoms with van der Waals surface area (Å²) in [7, 11) is 0. The van der Waals surface area contributed by atoms with Crippen LogP contribution in [0.2, 0.25) is 0 Å². The first-order valence-corrected chi connectivity index (χ1v) is 5.27. The SMILES string of the molecule is CC(C)c1c(C(C)(C)C)ccnc1C#N. The molecule has 0 aliphatic carbocycles. The molecule has 1 heterocycles. The van der Waals surface area contributed by atoms with E-state index in [1.54, 1.807) is 6.20 Å². The van der Waals surface area contributed by atoms with E-state index < -0.39 is 0 Å². The second-order valence-corrected chi connectivity index (χ2v) is 5.14. The van der Waals surface area contributed by atoms with Crippen molar-refractivity contribution in [2.24, 2.45) is 0 Å². The average Bonchev–Trinajstić information content (AvgIpc) is 2.15. The number of aromatic nitrogens is 1. The van der Waals surface area contributed by atoms with Gasteiger partial charge in [-0.05, 0) is 28.5 Å². The van der Waals surface area contributed by atoms with E-state index in [1.165, 1.54) is 5.56 Å². The second-order valence-electron chi connectivity index (χ2n) is 5.14. The van der Waals surface area contributed by atoms with Crippen LogP contribution in [0.5, 0.6) is 0 Å². The van der Waals surface area contributed by atoms with Crippen LogP contribution < -0.4 is 0 Å². The Kier molecular flexibility index (Phi) is 3.14. The first-order valence-electron chi connectivity index (χ1n) is 5.27. The van der Waals surface area contributed by atoms with E-state index in [4.69, 9.17) is 5.26 Å². The summed E-state index contributed by atoms with van der Waals surface area (Å²) in [5, 5.41) is 9.04. The van der Waals surface area contributed by atoms with Crippen molar-refractivity contribution in [3.05, 3.63) is 29.1 Å². The molecule has 1 aromatic rings. The highest BCUT2D eigenvalue weighted by Gasteiger charge is 2.22. The molecule has 0 unspecified atom stereocenters. The van der Waals surface area contributed by atoms with Gasteiger partial charge in [0.05, 0.1) is 0 Å². The van der Waals surface area contributed by atoms with Crippen molar-refractivity contribution in [2.75, 3.05) is 0 Å². The Balaban J connectivity index is 3.48. The van der Waals surface area contributed by atoms with E-state index in [1.807, 2.05) is 6.07 Å². The molecule has 80 valence electrons. The van der Waals surface area contributed by atoms with Crippen LogP contribution in [0.1, 0.15) is 57.4 Å². The van der Waals surface area contributed by atoms with Crippen LogP contribution in [-0.2, 0) is 5.41 Å². The molecule has 0 aromatic carbocycles. The van der Waals surface area contributed by atoms with Crippen LogP contribution in [-0.4, -0.2) is 4.98 Å². The molecule has 0 fully saturated rings. The highest BCUT2D eigenvalue weighted by Crippen LogP contribution is 2.31. The Morgan fingerprint density at radius 3 is 2.33 bits per heavy atom. The zero-order chi connectivity index (χ0) is 11.6. The van der Waals surface area contributed by atoms with Crippen LogP contribution in [0.3, 0.4) is 0 Å². The van der Waals surface area contributed by atoms with Gasteiger partial charge in [0, 0.05) is 6.20 Å². The minimum absolute atomic E-state index is 0.0636. The van der Waals surface area contributed by atoms with Crippen LogP contribution in [0.4, 0.5) is 0 Å². The van der Waals surface area contributed by atoms with Crippen molar-refractivity contribution in [2.45, 2.75) is 46.0 Å². The first-order chi connectivity index (χ1) is 6.88. The molecule has 0 N–H and O–H groups in total. The molecule has 0 radical (unpaired) electrons. The lowest BCUT2D eigenvalue weighted by Crippen LogP contribution is -2.16. The van der Waals surface area contributed by atoms with Gasteiger partial charge in [0.1, 0.15) is 11.8 Å². The van der Waals surface area contributed by atoms with Gasteiger partial charge in [0.15, 0.2) is 0 Å². The van der Waals surface area contributed by atoms with E-state index in [9.17, 15) is 0 Å². The Labute approximate surface area is 92.0 Å². The lowest BCUT2D eigenvalue weighted by molar-refractivity contribution is 0.575. The van der Waals surface area contributed by atoms with Gasteiger partial charge in [-0.2, -0.15) is 5.26 Å². The van der Waals surface area contributed by atoms with Crippen LogP contribution in [0.15, 0.2) is 12.3 Å². The summed E-state index contributed by atoms with van der Waals surface area (Å²) in [6.45, 7) is 10.7. The average molecular weight is 202 g/mol. The quantitative estimate of drug-likeness (QED) is 0.700. The van der Waals surface area contributed by atoms with Crippen LogP contribution >= 0.6 is 0 Å². The fourth-order valence-corrected chi connectivity index (χ4v) is 1.80. The zero-order valence-electron chi connectivity index (χ0n) is 10.1. The van der Waals surface area contributed by atoms with E-state index in [-0.39, 0.29) is 5.41 Å². The van der Waals surface area contributed by atoms with Crippen molar-refractivity contribution in [3.8, 4) is 6.07 Å². The molecule has 0 spiro atoms. The Morgan fingerprint density at radius 1 is 1.33 bits per heavy atom. The molecule has 0 saturated heterocycles. The largest absolute Gasteiger partial charge is 0.245 e. The molecule has 0 amide bonds. The summed E-state index contributed by atoms with van der Waals surface area (Å²) in [5.41, 5.74) is 2.95. The highest BCUT2D eigenvalue weighted by atomic mass is 14.7. The number of nitriles is 1. The smallest absolute Gasteiger partial charge is 0.144 e. The Bertz CT molecular complexity index is 392. The van der Waals surface area contributed by atoms with Gasteiger partial charge in [-0.25, -0.2) is 4.98 Å². The van der Waals surface area contributed by atoms with Gasteiger partial charge in [-0.15, -0.1) is 0 Å². The maximum absolute atomic E-state index is 9.04. The van der Waals surface area contributed by atoms with Crippen molar-refractivity contribution < 1.29 is 0 Å². The normalized spacial score (nSPS) is 11.5. The molecular formula is C13H18N2. The van der Waals surface area contributed by atoms with E-state index in [0.29, 0.717) is 11.6 Å². The van der Waals surface area contributed by atoms with Crippen LogP contribution in [0.25, 0.3) is 0 Å². The topological polar surface area (TPSA) is 36.7 Å². The zero-order valence-corrected chi connectivity index (χ0v) is 10.1. The fourth-order valence-electron chi connectivity index (χ4n) is 1.80. The third kappa shape index (κ3) is 2.36. The van der Waals surface area contributed by atoms with Gasteiger partial charge in [-0.3, -0.25) is 0 Å². The minimum Gasteiger partial charge on any atom is -0.245 e. The third-order valence-corrected chi connectivity index (χ3v) is 2.48. The molecule has 0 aliphatic rings. The molecule has 2 nitrogen and oxygen atoms in total. The lowest BCUT2D eigenvalue weighted by atomic mass is 9.80. The lowest BCUT2D eigenvalue weighted by Gasteiger charge is -2.24. The summed E-state index contributed by atoms with van der Waals surface area (Å²) in [5.74, 6) is 0.336. The minimum atomic E-state index is 0.0636. The van der Waals surface area contributed by atoms with Crippen molar-refractivity contribution >= 4 is 0 Å². The fraction of sp³-hybridized carbons (Fsp3) is 0.538. The Hall–Kier alpha value is -1.36. The molecule has 0 aliphatic heterocycles. The van der Waals surface area contributed by atoms with Crippen molar-refractivity contribution in [1.82, 2.24) is 4.98 Å². The van der Waals surface area contributed by atoms with Gasteiger partial charge < -0.3 is 0 Å². The Morgan fingerprint density at radius 2 is 1.93 bits per heavy atom. The number of rotatable bonds is 1. The summed E-state index contributed by atoms with van der Waals surface area (Å²) >= 11 is 0. The van der Waals surface area contributed by atoms with Crippen molar-refractivity contribution in [3.63, 3.8) is 0 Å². The third-order valence-electron chi connectivity index (χ3n) is 2.48. The predicted molar refractivity (Wildman–Crippen MR) is 61.7 cm³/mol. The number of hydrogen-bond donors (Lipinski definition) is 0. The summed E-state index contributed by atoms with van der Waals surface area (Å²) in [6.07, 6.45) is 1.73. The second kappa shape index (κ2) is 4.02. The number of pyridine rings is 1. The molecule has 0 atom stereocenters. The van der Waals surface area contributed by atoms with Gasteiger partial charge in [0.2, 0.25) is 0 Å². The number of nitrogens with zero attached hydrogens (tertiary/aromatic N) is 2. The van der Waals surface area contributed by atoms with E-state index in [0.717, 1.165) is 5.56 Å². The molecule has 2 heteroatoms. The molecule has 0 bridgehead atoms. The van der Waals surface area contributed by atoms with Crippen molar-refractivity contribution in [1.29, 1.82) is 5.26 Å². The van der Waals surface area contributed by atoms with Gasteiger partial charge >= 0.3 is 0 Å². The van der Waals surface area contributed by atoms with Gasteiger partial charge in [0.25, 0.3) is 0 Å². The van der Waals surface area contributed by atoms with Gasteiger partial charge in [-0.1, -0.05) is 34.6 Å². The molecule has 15 heavy (non-hydrogen) atoms. The predicted octanol–water partition coefficient (Wildman–Crippen LogP) is 3.37. The molecular weight excluding hydrogens is 184 g/mol. The van der Waals surface area contributed by atoms with E-state index >= 15 is 0 Å². The summed E-state index contributed by atoms with van der Waals surface area (Å²) < 4.78 is 0.